The van der Waals surface area contributed by atoms with E-state index in [1.807, 2.05) is 12.1 Å². The van der Waals surface area contributed by atoms with Crippen LogP contribution in [0.15, 0.2) is 28.8 Å². The van der Waals surface area contributed by atoms with Crippen molar-refractivity contribution < 1.29 is 14.4 Å². The van der Waals surface area contributed by atoms with Crippen molar-refractivity contribution in [2.45, 2.75) is 0 Å². The number of aromatic carboxylic acids is 1. The summed E-state index contributed by atoms with van der Waals surface area (Å²) in [5, 5.41) is 16.4. The number of rotatable bonds is 2. The molecule has 0 fully saturated rings. The summed E-state index contributed by atoms with van der Waals surface area (Å²) in [5.41, 5.74) is 2.07. The summed E-state index contributed by atoms with van der Waals surface area (Å²) >= 11 is 1.27. The van der Waals surface area contributed by atoms with E-state index >= 15 is 0 Å². The molecule has 0 atom stereocenters. The van der Waals surface area contributed by atoms with E-state index in [9.17, 15) is 4.79 Å². The van der Waals surface area contributed by atoms with Gasteiger partial charge < -0.3 is 9.63 Å². The van der Waals surface area contributed by atoms with E-state index in [0.29, 0.717) is 5.69 Å². The third-order valence-electron chi connectivity index (χ3n) is 2.26. The molecule has 0 aliphatic carbocycles. The number of benzene rings is 1. The molecule has 6 nitrogen and oxygen atoms in total. The lowest BCUT2D eigenvalue weighted by Crippen LogP contribution is -1.91. The Morgan fingerprint density at radius 1 is 1.35 bits per heavy atom. The van der Waals surface area contributed by atoms with Crippen LogP contribution in [-0.4, -0.2) is 25.8 Å². The molecule has 7 heteroatoms. The highest BCUT2D eigenvalue weighted by molar-refractivity contribution is 7.12. The maximum Gasteiger partial charge on any atom is 0.374 e. The Hall–Kier alpha value is -2.28. The second-order valence-corrected chi connectivity index (χ2v) is 4.12. The lowest BCUT2D eigenvalue weighted by atomic mass is 10.1. The molecule has 3 aromatic rings. The first-order valence-corrected chi connectivity index (χ1v) is 5.44. The van der Waals surface area contributed by atoms with Crippen molar-refractivity contribution in [1.29, 1.82) is 0 Å². The van der Waals surface area contributed by atoms with Crippen LogP contribution in [0.2, 0.25) is 0 Å². The number of carboxylic acids is 1. The van der Waals surface area contributed by atoms with E-state index in [1.54, 1.807) is 6.07 Å². The molecule has 2 aromatic heterocycles. The molecule has 17 heavy (non-hydrogen) atoms. The van der Waals surface area contributed by atoms with Crippen LogP contribution >= 0.6 is 11.5 Å². The van der Waals surface area contributed by atoms with Crippen LogP contribution in [0.5, 0.6) is 0 Å². The number of carbonyl (C=O) groups is 1. The van der Waals surface area contributed by atoms with Gasteiger partial charge in [-0.2, -0.15) is 0 Å². The minimum Gasteiger partial charge on any atom is -0.475 e. The van der Waals surface area contributed by atoms with Crippen molar-refractivity contribution in [3.63, 3.8) is 0 Å². The maximum absolute atomic E-state index is 10.7. The van der Waals surface area contributed by atoms with E-state index in [-0.39, 0.29) is 5.76 Å². The zero-order chi connectivity index (χ0) is 11.8. The van der Waals surface area contributed by atoms with Gasteiger partial charge in [-0.3, -0.25) is 0 Å². The number of hydrogen-bond donors (Lipinski definition) is 1. The Kier molecular flexibility index (Phi) is 2.12. The third-order valence-corrected chi connectivity index (χ3v) is 2.95. The molecule has 0 amide bonds. The summed E-state index contributed by atoms with van der Waals surface area (Å²) in [6.45, 7) is 0. The normalized spacial score (nSPS) is 10.8. The van der Waals surface area contributed by atoms with Crippen LogP contribution in [0.3, 0.4) is 0 Å². The molecule has 0 bridgehead atoms. The molecule has 1 N–H and O–H groups in total. The van der Waals surface area contributed by atoms with Crippen LogP contribution in [0.1, 0.15) is 10.6 Å². The topological polar surface area (TPSA) is 89.1 Å². The SMILES string of the molecule is O=C(O)c1cc(-c2ccc3nnsc3c2)no1. The van der Waals surface area contributed by atoms with E-state index < -0.39 is 5.97 Å². The molecular formula is C10H5N3O3S. The molecule has 0 spiro atoms. The fourth-order valence-corrected chi connectivity index (χ4v) is 2.05. The van der Waals surface area contributed by atoms with Crippen molar-refractivity contribution in [1.82, 2.24) is 14.7 Å². The number of carboxylic acid groups (broad SMARTS) is 1. The Morgan fingerprint density at radius 2 is 2.24 bits per heavy atom. The molecule has 1 aromatic carbocycles. The van der Waals surface area contributed by atoms with Gasteiger partial charge in [0.15, 0.2) is 0 Å². The average molecular weight is 247 g/mol. The second kappa shape index (κ2) is 3.63. The van der Waals surface area contributed by atoms with Gasteiger partial charge in [-0.1, -0.05) is 15.7 Å². The van der Waals surface area contributed by atoms with Gasteiger partial charge in [-0.25, -0.2) is 4.79 Å². The monoisotopic (exact) mass is 247 g/mol. The summed E-state index contributed by atoms with van der Waals surface area (Å²) in [4.78, 5) is 10.7. The van der Waals surface area contributed by atoms with E-state index in [2.05, 4.69) is 14.7 Å². The van der Waals surface area contributed by atoms with Crippen LogP contribution in [0.4, 0.5) is 0 Å². The van der Waals surface area contributed by atoms with Gasteiger partial charge in [-0.15, -0.1) is 5.10 Å². The number of aromatic nitrogens is 3. The molecule has 0 unspecified atom stereocenters. The lowest BCUT2D eigenvalue weighted by Gasteiger charge is -1.93. The molecule has 3 rings (SSSR count). The number of fused-ring (bicyclic) bond motifs is 1. The van der Waals surface area contributed by atoms with Gasteiger partial charge in [0.25, 0.3) is 0 Å². The highest BCUT2D eigenvalue weighted by Gasteiger charge is 2.12. The van der Waals surface area contributed by atoms with Crippen molar-refractivity contribution in [2.75, 3.05) is 0 Å². The summed E-state index contributed by atoms with van der Waals surface area (Å²) in [5.74, 6) is -1.31. The Balaban J connectivity index is 2.09. The fraction of sp³-hybridized carbons (Fsp3) is 0. The van der Waals surface area contributed by atoms with Gasteiger partial charge >= 0.3 is 5.97 Å². The van der Waals surface area contributed by atoms with Crippen molar-refractivity contribution in [3.05, 3.63) is 30.0 Å². The summed E-state index contributed by atoms with van der Waals surface area (Å²) in [7, 11) is 0. The van der Waals surface area contributed by atoms with Crippen molar-refractivity contribution >= 4 is 27.7 Å². The first-order valence-electron chi connectivity index (χ1n) is 4.66. The number of hydrogen-bond acceptors (Lipinski definition) is 6. The fourth-order valence-electron chi connectivity index (χ4n) is 1.45. The second-order valence-electron chi connectivity index (χ2n) is 3.34. The van der Waals surface area contributed by atoms with Gasteiger partial charge in [-0.05, 0) is 23.7 Å². The predicted molar refractivity (Wildman–Crippen MR) is 59.9 cm³/mol. The predicted octanol–water partition coefficient (Wildman–Crippen LogP) is 2.04. The highest BCUT2D eigenvalue weighted by Crippen LogP contribution is 2.24. The highest BCUT2D eigenvalue weighted by atomic mass is 32.1. The Labute approximate surface area is 98.6 Å². The van der Waals surface area contributed by atoms with E-state index in [1.165, 1.54) is 17.6 Å². The lowest BCUT2D eigenvalue weighted by molar-refractivity contribution is 0.0652. The Bertz CT molecular complexity index is 703. The van der Waals surface area contributed by atoms with Crippen molar-refractivity contribution in [2.24, 2.45) is 0 Å². The maximum atomic E-state index is 10.7. The summed E-state index contributed by atoms with van der Waals surface area (Å²) in [6.07, 6.45) is 0. The first-order chi connectivity index (χ1) is 8.24. The van der Waals surface area contributed by atoms with Gasteiger partial charge in [0.2, 0.25) is 5.76 Å². The smallest absolute Gasteiger partial charge is 0.374 e. The molecule has 84 valence electrons. The van der Waals surface area contributed by atoms with Crippen LogP contribution in [0, 0.1) is 0 Å². The van der Waals surface area contributed by atoms with Crippen LogP contribution in [0.25, 0.3) is 21.5 Å². The molecule has 0 aliphatic rings. The van der Waals surface area contributed by atoms with E-state index in [4.69, 9.17) is 9.63 Å². The van der Waals surface area contributed by atoms with Crippen molar-refractivity contribution in [3.8, 4) is 11.3 Å². The molecular weight excluding hydrogens is 242 g/mol. The third kappa shape index (κ3) is 1.66. The molecule has 0 saturated heterocycles. The molecule has 2 heterocycles. The van der Waals surface area contributed by atoms with Crippen LogP contribution < -0.4 is 0 Å². The molecule has 0 radical (unpaired) electrons. The largest absolute Gasteiger partial charge is 0.475 e. The molecule has 0 saturated carbocycles. The van der Waals surface area contributed by atoms with E-state index in [0.717, 1.165) is 15.8 Å². The van der Waals surface area contributed by atoms with Gasteiger partial charge in [0, 0.05) is 11.6 Å². The number of nitrogens with zero attached hydrogens (tertiary/aromatic N) is 3. The zero-order valence-electron chi connectivity index (χ0n) is 8.32. The summed E-state index contributed by atoms with van der Waals surface area (Å²) < 4.78 is 9.44. The standard InChI is InChI=1S/C10H5N3O3S/c14-10(15)8-4-7(12-16-8)5-1-2-6-9(3-5)17-13-11-6/h1-4H,(H,14,15). The van der Waals surface area contributed by atoms with Gasteiger partial charge in [0.1, 0.15) is 11.2 Å². The zero-order valence-corrected chi connectivity index (χ0v) is 9.14. The Morgan fingerprint density at radius 3 is 3.00 bits per heavy atom. The minimum absolute atomic E-state index is 0.178. The first kappa shape index (κ1) is 9.91. The minimum atomic E-state index is -1.13. The van der Waals surface area contributed by atoms with Gasteiger partial charge in [0.05, 0.1) is 4.70 Å². The van der Waals surface area contributed by atoms with Crippen LogP contribution in [-0.2, 0) is 0 Å². The molecule has 0 aliphatic heterocycles. The summed E-state index contributed by atoms with van der Waals surface area (Å²) in [6, 6.07) is 6.85. The average Bonchev–Trinajstić information content (AvgIpc) is 2.97. The quantitative estimate of drug-likeness (QED) is 0.745.